The second kappa shape index (κ2) is 7.00. The zero-order chi connectivity index (χ0) is 12.8. The molecule has 2 rings (SSSR count). The smallest absolute Gasteiger partial charge is 0.374 e. The van der Waals surface area contributed by atoms with Crippen LogP contribution in [0.5, 0.6) is 0 Å². The van der Waals surface area contributed by atoms with Gasteiger partial charge in [-0.15, -0.1) is 0 Å². The van der Waals surface area contributed by atoms with E-state index in [1.165, 1.54) is 57.8 Å². The highest BCUT2D eigenvalue weighted by atomic mass is 28.4. The van der Waals surface area contributed by atoms with Crippen LogP contribution in [0.3, 0.4) is 0 Å². The van der Waals surface area contributed by atoms with Gasteiger partial charge in [-0.2, -0.15) is 0 Å². The summed E-state index contributed by atoms with van der Waals surface area (Å²) < 4.78 is 11.5. The molecule has 18 heavy (non-hydrogen) atoms. The maximum Gasteiger partial charge on any atom is 0.516 e. The Kier molecular flexibility index (Phi) is 5.63. The van der Waals surface area contributed by atoms with Gasteiger partial charge in [0.1, 0.15) is 0 Å². The fraction of sp³-hybridized carbons (Fsp3) is 1.00. The molecule has 0 aromatic rings. The molecule has 0 unspecified atom stereocenters. The largest absolute Gasteiger partial charge is 0.516 e. The van der Waals surface area contributed by atoms with Crippen molar-refractivity contribution in [2.24, 2.45) is 0 Å². The summed E-state index contributed by atoms with van der Waals surface area (Å²) in [6.45, 7) is 0. The quantitative estimate of drug-likeness (QED) is 0.727. The van der Waals surface area contributed by atoms with Crippen LogP contribution in [0.1, 0.15) is 57.8 Å². The van der Waals surface area contributed by atoms with Crippen molar-refractivity contribution in [3.63, 3.8) is 0 Å². The van der Waals surface area contributed by atoms with Crippen LogP contribution in [0.4, 0.5) is 0 Å². The van der Waals surface area contributed by atoms with E-state index in [1.54, 1.807) is 14.2 Å². The van der Waals surface area contributed by atoms with E-state index in [0.29, 0.717) is 12.1 Å². The molecule has 2 saturated carbocycles. The molecule has 0 saturated heterocycles. The Morgan fingerprint density at radius 2 is 1.11 bits per heavy atom. The molecule has 2 N–H and O–H groups in total. The van der Waals surface area contributed by atoms with Crippen LogP contribution in [-0.4, -0.2) is 35.2 Å². The van der Waals surface area contributed by atoms with E-state index in [1.807, 2.05) is 0 Å². The van der Waals surface area contributed by atoms with Gasteiger partial charge in [0.25, 0.3) is 0 Å². The van der Waals surface area contributed by atoms with Crippen molar-refractivity contribution in [3.05, 3.63) is 0 Å². The Morgan fingerprint density at radius 1 is 0.722 bits per heavy atom. The lowest BCUT2D eigenvalue weighted by Gasteiger charge is -2.35. The van der Waals surface area contributed by atoms with Gasteiger partial charge in [-0.3, -0.25) is 9.96 Å². The lowest BCUT2D eigenvalue weighted by Crippen LogP contribution is -2.70. The van der Waals surface area contributed by atoms with Gasteiger partial charge in [0, 0.05) is 26.3 Å². The minimum absolute atomic E-state index is 0.569. The van der Waals surface area contributed by atoms with Gasteiger partial charge in [-0.25, -0.2) is 0 Å². The third-order valence-corrected chi connectivity index (χ3v) is 7.05. The Bertz CT molecular complexity index is 237. The highest BCUT2D eigenvalue weighted by Crippen LogP contribution is 2.22. The normalized spacial score (nSPS) is 23.7. The van der Waals surface area contributed by atoms with Crippen molar-refractivity contribution in [1.82, 2.24) is 9.96 Å². The van der Waals surface area contributed by atoms with E-state index in [9.17, 15) is 0 Å². The topological polar surface area (TPSA) is 42.5 Å². The summed E-state index contributed by atoms with van der Waals surface area (Å²) in [4.78, 5) is 7.34. The average Bonchev–Trinajstić information content (AvgIpc) is 2.92. The average molecular weight is 272 g/mol. The van der Waals surface area contributed by atoms with Crippen LogP contribution in [-0.2, 0) is 8.85 Å². The number of rotatable bonds is 6. The van der Waals surface area contributed by atoms with Crippen molar-refractivity contribution in [3.8, 4) is 0 Å². The lowest BCUT2D eigenvalue weighted by atomic mass is 9.96. The first kappa shape index (κ1) is 14.5. The molecule has 0 aromatic heterocycles. The molecular weight excluding hydrogens is 244 g/mol. The van der Waals surface area contributed by atoms with Crippen LogP contribution in [0.25, 0.3) is 0 Å². The molecule has 4 nitrogen and oxygen atoms in total. The summed E-state index contributed by atoms with van der Waals surface area (Å²) in [6.07, 6.45) is 11.7. The number of hydrogen-bond donors (Lipinski definition) is 2. The van der Waals surface area contributed by atoms with E-state index >= 15 is 0 Å². The summed E-state index contributed by atoms with van der Waals surface area (Å²) in [6, 6.07) is 1.15. The van der Waals surface area contributed by atoms with Crippen LogP contribution in [0.2, 0.25) is 0 Å². The maximum atomic E-state index is 5.75. The molecule has 0 spiro atoms. The molecule has 5 heteroatoms. The van der Waals surface area contributed by atoms with Crippen molar-refractivity contribution in [2.45, 2.75) is 69.9 Å². The van der Waals surface area contributed by atoms with Crippen molar-refractivity contribution in [1.29, 1.82) is 0 Å². The van der Waals surface area contributed by atoms with Crippen LogP contribution in [0, 0.1) is 0 Å². The van der Waals surface area contributed by atoms with Gasteiger partial charge in [-0.1, -0.05) is 32.1 Å². The van der Waals surface area contributed by atoms with Crippen LogP contribution in [0.15, 0.2) is 0 Å². The molecule has 0 radical (unpaired) electrons. The summed E-state index contributed by atoms with van der Waals surface area (Å²) in [5.74, 6) is 0. The first-order valence-electron chi connectivity index (χ1n) is 7.44. The lowest BCUT2D eigenvalue weighted by molar-refractivity contribution is 0.194. The van der Waals surface area contributed by atoms with Crippen molar-refractivity contribution in [2.75, 3.05) is 14.2 Å². The maximum absolute atomic E-state index is 5.75. The summed E-state index contributed by atoms with van der Waals surface area (Å²) >= 11 is 0. The molecule has 106 valence electrons. The van der Waals surface area contributed by atoms with Crippen molar-refractivity contribution >= 4 is 8.88 Å². The standard InChI is InChI=1S/C13H28N2O2Si/c1-16-18(17-2,15-13-10-6-7-11-13)14-12-8-4-3-5-9-12/h12-15H,3-11H2,1-2H3. The minimum Gasteiger partial charge on any atom is -0.374 e. The molecule has 0 aromatic carbocycles. The molecule has 0 amide bonds. The van der Waals surface area contributed by atoms with E-state index < -0.39 is 8.88 Å². The number of nitrogens with one attached hydrogen (secondary N) is 2. The second-order valence-corrected chi connectivity index (χ2v) is 8.26. The zero-order valence-electron chi connectivity index (χ0n) is 11.8. The van der Waals surface area contributed by atoms with Gasteiger partial charge in [0.15, 0.2) is 0 Å². The van der Waals surface area contributed by atoms with E-state index in [-0.39, 0.29) is 0 Å². The van der Waals surface area contributed by atoms with Gasteiger partial charge in [-0.05, 0) is 25.7 Å². The fourth-order valence-electron chi connectivity index (χ4n) is 3.22. The summed E-state index contributed by atoms with van der Waals surface area (Å²) in [5, 5.41) is 0. The monoisotopic (exact) mass is 272 g/mol. The zero-order valence-corrected chi connectivity index (χ0v) is 12.8. The molecular formula is C13H28N2O2Si. The third kappa shape index (κ3) is 3.77. The van der Waals surface area contributed by atoms with Gasteiger partial charge in [0.05, 0.1) is 0 Å². The second-order valence-electron chi connectivity index (χ2n) is 5.63. The molecule has 0 aliphatic heterocycles. The molecule has 0 heterocycles. The van der Waals surface area contributed by atoms with Gasteiger partial charge >= 0.3 is 8.88 Å². The van der Waals surface area contributed by atoms with Crippen molar-refractivity contribution < 1.29 is 8.85 Å². The Labute approximate surface area is 112 Å². The summed E-state index contributed by atoms with van der Waals surface area (Å²) in [5.41, 5.74) is 0. The molecule has 0 bridgehead atoms. The van der Waals surface area contributed by atoms with E-state index in [2.05, 4.69) is 9.96 Å². The van der Waals surface area contributed by atoms with E-state index in [4.69, 9.17) is 8.85 Å². The fourth-order valence-corrected chi connectivity index (χ4v) is 5.59. The van der Waals surface area contributed by atoms with E-state index in [0.717, 1.165) is 0 Å². The highest BCUT2D eigenvalue weighted by Gasteiger charge is 2.42. The SMILES string of the molecule is CO[Si](NC1CCCCC1)(NC1CCCC1)OC. The predicted molar refractivity (Wildman–Crippen MR) is 75.2 cm³/mol. The van der Waals surface area contributed by atoms with Crippen LogP contribution >= 0.6 is 0 Å². The number of hydrogen-bond acceptors (Lipinski definition) is 4. The first-order chi connectivity index (χ1) is 8.78. The Balaban J connectivity index is 1.90. The third-order valence-electron chi connectivity index (χ3n) is 4.32. The molecule has 2 aliphatic carbocycles. The molecule has 2 fully saturated rings. The Morgan fingerprint density at radius 3 is 1.50 bits per heavy atom. The predicted octanol–water partition coefficient (Wildman–Crippen LogP) is 2.17. The highest BCUT2D eigenvalue weighted by molar-refractivity contribution is 6.62. The minimum atomic E-state index is -2.40. The van der Waals surface area contributed by atoms with Gasteiger partial charge < -0.3 is 8.85 Å². The first-order valence-corrected chi connectivity index (χ1v) is 9.25. The molecule has 2 aliphatic rings. The Hall–Kier alpha value is 0.0569. The van der Waals surface area contributed by atoms with Crippen LogP contribution < -0.4 is 9.96 Å². The van der Waals surface area contributed by atoms with Gasteiger partial charge in [0.2, 0.25) is 0 Å². The summed E-state index contributed by atoms with van der Waals surface area (Å²) in [7, 11) is 1.15. The molecule has 0 atom stereocenters.